The number of carbonyl (C=O) groups is 2. The van der Waals surface area contributed by atoms with Gasteiger partial charge in [0.15, 0.2) is 0 Å². The molecular formula is C25H32N2O2S. The molecule has 3 rings (SSSR count). The van der Waals surface area contributed by atoms with E-state index in [1.165, 1.54) is 43.9 Å². The Morgan fingerprint density at radius 2 is 1.60 bits per heavy atom. The Morgan fingerprint density at radius 1 is 0.933 bits per heavy atom. The topological polar surface area (TPSA) is 58.2 Å². The molecule has 0 atom stereocenters. The fourth-order valence-corrected chi connectivity index (χ4v) is 4.73. The number of carbonyl (C=O) groups excluding carboxylic acids is 2. The van der Waals surface area contributed by atoms with Crippen LogP contribution in [0.3, 0.4) is 0 Å². The van der Waals surface area contributed by atoms with E-state index in [1.807, 2.05) is 55.5 Å². The van der Waals surface area contributed by atoms with Crippen molar-refractivity contribution in [2.24, 2.45) is 0 Å². The van der Waals surface area contributed by atoms with Gasteiger partial charge in [0, 0.05) is 17.5 Å². The number of amides is 2. The lowest BCUT2D eigenvalue weighted by atomic mass is 9.97. The number of thioether (sulfide) groups is 1. The molecule has 160 valence electrons. The molecule has 1 saturated carbocycles. The molecule has 0 aromatic heterocycles. The number of aryl methyl sites for hydroxylation is 1. The molecule has 2 aromatic rings. The minimum atomic E-state index is -0.109. The molecule has 0 aliphatic heterocycles. The highest BCUT2D eigenvalue weighted by Gasteiger charge is 2.16. The van der Waals surface area contributed by atoms with Crippen LogP contribution in [-0.2, 0) is 11.3 Å². The van der Waals surface area contributed by atoms with E-state index < -0.39 is 0 Å². The molecule has 0 bridgehead atoms. The Kier molecular flexibility index (Phi) is 8.81. The van der Waals surface area contributed by atoms with Crippen molar-refractivity contribution in [3.63, 3.8) is 0 Å². The molecule has 1 aliphatic rings. The molecule has 0 spiro atoms. The van der Waals surface area contributed by atoms with Crippen molar-refractivity contribution in [2.75, 3.05) is 5.75 Å². The molecule has 0 unspecified atom stereocenters. The summed E-state index contributed by atoms with van der Waals surface area (Å²) in [5.41, 5.74) is 2.88. The Balaban J connectivity index is 1.53. The van der Waals surface area contributed by atoms with Gasteiger partial charge in [0.05, 0.1) is 11.3 Å². The minimum Gasteiger partial charge on any atom is -0.353 e. The highest BCUT2D eigenvalue weighted by molar-refractivity contribution is 8.00. The van der Waals surface area contributed by atoms with Gasteiger partial charge in [-0.2, -0.15) is 0 Å². The molecule has 2 amide bonds. The fraction of sp³-hybridized carbons (Fsp3) is 0.440. The Labute approximate surface area is 184 Å². The predicted octanol–water partition coefficient (Wildman–Crippen LogP) is 5.25. The molecular weight excluding hydrogens is 392 g/mol. The monoisotopic (exact) mass is 424 g/mol. The Hall–Kier alpha value is -2.27. The molecule has 1 fully saturated rings. The molecule has 0 heterocycles. The van der Waals surface area contributed by atoms with E-state index in [4.69, 9.17) is 0 Å². The van der Waals surface area contributed by atoms with Crippen molar-refractivity contribution in [1.82, 2.24) is 10.6 Å². The van der Waals surface area contributed by atoms with Crippen LogP contribution in [0.2, 0.25) is 0 Å². The second-order valence-electron chi connectivity index (χ2n) is 8.00. The standard InChI is InChI=1S/C25H32N2O2S/c1-19-11-7-8-12-20(19)17-26-25(29)22-15-9-10-16-23(22)30-18-24(28)27-21-13-5-3-2-4-6-14-21/h7-12,15-16,21H,2-6,13-14,17-18H2,1H3,(H,26,29)(H,27,28). The summed E-state index contributed by atoms with van der Waals surface area (Å²) in [6.07, 6.45) is 8.41. The normalized spacial score (nSPS) is 15.1. The number of hydrogen-bond acceptors (Lipinski definition) is 3. The lowest BCUT2D eigenvalue weighted by Gasteiger charge is -2.21. The van der Waals surface area contributed by atoms with Crippen molar-refractivity contribution in [2.45, 2.75) is 69.4 Å². The van der Waals surface area contributed by atoms with Crippen LogP contribution in [0.4, 0.5) is 0 Å². The highest BCUT2D eigenvalue weighted by Crippen LogP contribution is 2.23. The van der Waals surface area contributed by atoms with Crippen molar-refractivity contribution in [3.05, 3.63) is 65.2 Å². The summed E-state index contributed by atoms with van der Waals surface area (Å²) in [7, 11) is 0. The van der Waals surface area contributed by atoms with Crippen LogP contribution < -0.4 is 10.6 Å². The lowest BCUT2D eigenvalue weighted by Crippen LogP contribution is -2.36. The molecule has 2 aromatic carbocycles. The second kappa shape index (κ2) is 11.8. The molecule has 30 heavy (non-hydrogen) atoms. The Morgan fingerprint density at radius 3 is 2.37 bits per heavy atom. The van der Waals surface area contributed by atoms with Gasteiger partial charge in [-0.05, 0) is 43.0 Å². The highest BCUT2D eigenvalue weighted by atomic mass is 32.2. The van der Waals surface area contributed by atoms with E-state index in [-0.39, 0.29) is 11.8 Å². The van der Waals surface area contributed by atoms with Crippen LogP contribution in [0.1, 0.15) is 66.4 Å². The summed E-state index contributed by atoms with van der Waals surface area (Å²) >= 11 is 1.43. The SMILES string of the molecule is Cc1ccccc1CNC(=O)c1ccccc1SCC(=O)NC1CCCCCCC1. The van der Waals surface area contributed by atoms with E-state index in [0.29, 0.717) is 23.9 Å². The fourth-order valence-electron chi connectivity index (χ4n) is 3.87. The molecule has 1 aliphatic carbocycles. The maximum atomic E-state index is 12.8. The van der Waals surface area contributed by atoms with Crippen LogP contribution in [-0.4, -0.2) is 23.6 Å². The number of nitrogens with one attached hydrogen (secondary N) is 2. The van der Waals surface area contributed by atoms with E-state index in [2.05, 4.69) is 10.6 Å². The quantitative estimate of drug-likeness (QED) is 0.597. The molecule has 0 radical (unpaired) electrons. The summed E-state index contributed by atoms with van der Waals surface area (Å²) in [5, 5.41) is 6.21. The van der Waals surface area contributed by atoms with E-state index in [1.54, 1.807) is 0 Å². The van der Waals surface area contributed by atoms with Crippen LogP contribution in [0, 0.1) is 6.92 Å². The molecule has 4 nitrogen and oxygen atoms in total. The van der Waals surface area contributed by atoms with E-state index in [9.17, 15) is 9.59 Å². The zero-order valence-corrected chi connectivity index (χ0v) is 18.6. The van der Waals surface area contributed by atoms with Gasteiger partial charge in [0.1, 0.15) is 0 Å². The number of hydrogen-bond donors (Lipinski definition) is 2. The largest absolute Gasteiger partial charge is 0.353 e. The minimum absolute atomic E-state index is 0.0562. The third-order valence-electron chi connectivity index (χ3n) is 5.66. The maximum Gasteiger partial charge on any atom is 0.252 e. The van der Waals surface area contributed by atoms with Gasteiger partial charge in [0.25, 0.3) is 5.91 Å². The van der Waals surface area contributed by atoms with Crippen molar-refractivity contribution < 1.29 is 9.59 Å². The van der Waals surface area contributed by atoms with Crippen molar-refractivity contribution >= 4 is 23.6 Å². The van der Waals surface area contributed by atoms with Gasteiger partial charge in [-0.15, -0.1) is 11.8 Å². The average Bonchev–Trinajstić information content (AvgIpc) is 2.73. The zero-order chi connectivity index (χ0) is 21.2. The first-order valence-corrected chi connectivity index (χ1v) is 12.0. The van der Waals surface area contributed by atoms with Crippen LogP contribution in [0.25, 0.3) is 0 Å². The van der Waals surface area contributed by atoms with E-state index in [0.717, 1.165) is 28.9 Å². The summed E-state index contributed by atoms with van der Waals surface area (Å²) in [4.78, 5) is 26.1. The van der Waals surface area contributed by atoms with Crippen molar-refractivity contribution in [1.29, 1.82) is 0 Å². The molecule has 5 heteroatoms. The van der Waals surface area contributed by atoms with Crippen LogP contribution >= 0.6 is 11.8 Å². The summed E-state index contributed by atoms with van der Waals surface area (Å²) < 4.78 is 0. The van der Waals surface area contributed by atoms with Gasteiger partial charge >= 0.3 is 0 Å². The van der Waals surface area contributed by atoms with E-state index >= 15 is 0 Å². The first-order valence-electron chi connectivity index (χ1n) is 11.0. The number of rotatable bonds is 7. The van der Waals surface area contributed by atoms with Crippen LogP contribution in [0.15, 0.2) is 53.4 Å². The average molecular weight is 425 g/mol. The first-order chi connectivity index (χ1) is 14.6. The molecule has 0 saturated heterocycles. The van der Waals surface area contributed by atoms with Gasteiger partial charge < -0.3 is 10.6 Å². The van der Waals surface area contributed by atoms with Gasteiger partial charge in [-0.25, -0.2) is 0 Å². The number of benzene rings is 2. The zero-order valence-electron chi connectivity index (χ0n) is 17.8. The third-order valence-corrected chi connectivity index (χ3v) is 6.73. The summed E-state index contributed by atoms with van der Waals surface area (Å²) in [6, 6.07) is 15.8. The second-order valence-corrected chi connectivity index (χ2v) is 9.02. The smallest absolute Gasteiger partial charge is 0.252 e. The van der Waals surface area contributed by atoms with Gasteiger partial charge in [0.2, 0.25) is 5.91 Å². The van der Waals surface area contributed by atoms with Gasteiger partial charge in [-0.3, -0.25) is 9.59 Å². The molecule has 2 N–H and O–H groups in total. The van der Waals surface area contributed by atoms with Gasteiger partial charge in [-0.1, -0.05) is 68.5 Å². The first kappa shape index (κ1) is 22.4. The van der Waals surface area contributed by atoms with Crippen molar-refractivity contribution in [3.8, 4) is 0 Å². The summed E-state index contributed by atoms with van der Waals surface area (Å²) in [5.74, 6) is 0.279. The Bertz CT molecular complexity index is 845. The predicted molar refractivity (Wildman–Crippen MR) is 124 cm³/mol. The lowest BCUT2D eigenvalue weighted by molar-refractivity contribution is -0.119. The van der Waals surface area contributed by atoms with Crippen LogP contribution in [0.5, 0.6) is 0 Å². The maximum absolute atomic E-state index is 12.8. The third kappa shape index (κ3) is 6.91. The summed E-state index contributed by atoms with van der Waals surface area (Å²) in [6.45, 7) is 2.53.